The third-order valence-corrected chi connectivity index (χ3v) is 2.42. The minimum absolute atomic E-state index is 0.0226. The van der Waals surface area contributed by atoms with Gasteiger partial charge in [0, 0.05) is 18.2 Å². The number of hydrogen-bond acceptors (Lipinski definition) is 2. The molecule has 1 unspecified atom stereocenters. The molecule has 0 spiro atoms. The fraction of sp³-hybridized carbons (Fsp3) is 0.417. The highest BCUT2D eigenvalue weighted by Crippen LogP contribution is 2.29. The number of alkyl halides is 3. The van der Waals surface area contributed by atoms with Crippen molar-refractivity contribution in [1.82, 2.24) is 0 Å². The van der Waals surface area contributed by atoms with E-state index in [1.54, 1.807) is 6.92 Å². The molecule has 0 heterocycles. The van der Waals surface area contributed by atoms with Crippen molar-refractivity contribution in [3.63, 3.8) is 0 Å². The number of carboxylic acid groups (broad SMARTS) is 1. The van der Waals surface area contributed by atoms with Crippen molar-refractivity contribution in [1.29, 1.82) is 0 Å². The van der Waals surface area contributed by atoms with E-state index in [1.807, 2.05) is 0 Å². The highest BCUT2D eigenvalue weighted by atomic mass is 19.4. The van der Waals surface area contributed by atoms with Crippen molar-refractivity contribution in [2.24, 2.45) is 0 Å². The zero-order chi connectivity index (χ0) is 13.8. The maximum absolute atomic E-state index is 12.3. The number of hydrogen-bond donors (Lipinski definition) is 2. The van der Waals surface area contributed by atoms with E-state index in [0.29, 0.717) is 12.1 Å². The second-order valence-electron chi connectivity index (χ2n) is 4.05. The Hall–Kier alpha value is -1.72. The fourth-order valence-electron chi connectivity index (χ4n) is 1.45. The number of anilines is 1. The van der Waals surface area contributed by atoms with Crippen molar-refractivity contribution < 1.29 is 23.1 Å². The molecule has 100 valence electrons. The highest BCUT2D eigenvalue weighted by molar-refractivity contribution is 5.66. The third-order valence-electron chi connectivity index (χ3n) is 2.42. The quantitative estimate of drug-likeness (QED) is 0.854. The second kappa shape index (κ2) is 5.75. The van der Waals surface area contributed by atoms with Gasteiger partial charge in [0.1, 0.15) is 0 Å². The first-order valence-electron chi connectivity index (χ1n) is 5.44. The van der Waals surface area contributed by atoms with Gasteiger partial charge < -0.3 is 10.4 Å². The summed E-state index contributed by atoms with van der Waals surface area (Å²) in [5, 5.41) is 11.4. The van der Waals surface area contributed by atoms with E-state index in [4.69, 9.17) is 5.11 Å². The van der Waals surface area contributed by atoms with Crippen molar-refractivity contribution in [2.75, 3.05) is 5.32 Å². The maximum atomic E-state index is 12.3. The van der Waals surface area contributed by atoms with E-state index >= 15 is 0 Å². The lowest BCUT2D eigenvalue weighted by molar-refractivity contribution is -0.138. The molecule has 0 aliphatic heterocycles. The van der Waals surface area contributed by atoms with Crippen LogP contribution in [0.25, 0.3) is 0 Å². The second-order valence-corrected chi connectivity index (χ2v) is 4.05. The lowest BCUT2D eigenvalue weighted by Crippen LogP contribution is -2.16. The number of halogens is 3. The van der Waals surface area contributed by atoms with Crippen LogP contribution in [0, 0.1) is 0 Å². The first kappa shape index (κ1) is 14.3. The van der Waals surface area contributed by atoms with Crippen LogP contribution in [0.15, 0.2) is 24.3 Å². The molecule has 0 aliphatic carbocycles. The number of carboxylic acids is 1. The topological polar surface area (TPSA) is 49.3 Å². The monoisotopic (exact) mass is 261 g/mol. The van der Waals surface area contributed by atoms with Crippen molar-refractivity contribution in [3.8, 4) is 0 Å². The van der Waals surface area contributed by atoms with E-state index in [-0.39, 0.29) is 12.5 Å². The minimum atomic E-state index is -4.34. The Labute approximate surface area is 103 Å². The van der Waals surface area contributed by atoms with E-state index in [1.165, 1.54) is 12.1 Å². The summed E-state index contributed by atoms with van der Waals surface area (Å²) in [5.41, 5.74) is -0.160. The number of rotatable bonds is 5. The zero-order valence-electron chi connectivity index (χ0n) is 9.79. The molecular weight excluding hydrogens is 247 g/mol. The van der Waals surface area contributed by atoms with Gasteiger partial charge in [-0.25, -0.2) is 0 Å². The van der Waals surface area contributed by atoms with Crippen LogP contribution in [0.5, 0.6) is 0 Å². The molecule has 1 aromatic carbocycles. The lowest BCUT2D eigenvalue weighted by atomic mass is 10.1. The zero-order valence-corrected chi connectivity index (χ0v) is 9.79. The Morgan fingerprint density at radius 2 is 1.89 bits per heavy atom. The normalized spacial score (nSPS) is 13.1. The number of benzene rings is 1. The van der Waals surface area contributed by atoms with Crippen LogP contribution in [0.2, 0.25) is 0 Å². The van der Waals surface area contributed by atoms with Gasteiger partial charge in [-0.3, -0.25) is 4.79 Å². The van der Waals surface area contributed by atoms with Crippen molar-refractivity contribution in [2.45, 2.75) is 32.0 Å². The minimum Gasteiger partial charge on any atom is -0.481 e. The molecule has 18 heavy (non-hydrogen) atoms. The molecule has 1 aromatic rings. The van der Waals surface area contributed by atoms with Gasteiger partial charge in [0.2, 0.25) is 0 Å². The molecule has 0 fully saturated rings. The Balaban J connectivity index is 2.56. The van der Waals surface area contributed by atoms with Crippen LogP contribution < -0.4 is 5.32 Å². The summed E-state index contributed by atoms with van der Waals surface area (Å²) in [5.74, 6) is -0.893. The van der Waals surface area contributed by atoms with E-state index < -0.39 is 17.7 Å². The van der Waals surface area contributed by atoms with Gasteiger partial charge in [0.15, 0.2) is 0 Å². The summed E-state index contributed by atoms with van der Waals surface area (Å²) in [6, 6.07) is 4.54. The average Bonchev–Trinajstić information content (AvgIpc) is 2.26. The summed E-state index contributed by atoms with van der Waals surface area (Å²) in [6.07, 6.45) is -3.90. The smallest absolute Gasteiger partial charge is 0.416 e. The average molecular weight is 261 g/mol. The number of nitrogens with one attached hydrogen (secondary N) is 1. The van der Waals surface area contributed by atoms with Crippen LogP contribution in [-0.4, -0.2) is 17.1 Å². The SMILES string of the molecule is CC(CCC(=O)O)Nc1ccc(C(F)(F)F)cc1. The van der Waals surface area contributed by atoms with Gasteiger partial charge in [-0.1, -0.05) is 0 Å². The van der Waals surface area contributed by atoms with Crippen LogP contribution in [0.3, 0.4) is 0 Å². The predicted molar refractivity (Wildman–Crippen MR) is 61.4 cm³/mol. The predicted octanol–water partition coefficient (Wildman–Crippen LogP) is 3.37. The molecule has 1 rings (SSSR count). The fourth-order valence-corrected chi connectivity index (χ4v) is 1.45. The van der Waals surface area contributed by atoms with E-state index in [2.05, 4.69) is 5.32 Å². The third kappa shape index (κ3) is 4.65. The van der Waals surface area contributed by atoms with Gasteiger partial charge >= 0.3 is 12.1 Å². The van der Waals surface area contributed by atoms with Crippen LogP contribution in [0.4, 0.5) is 18.9 Å². The van der Waals surface area contributed by atoms with Gasteiger partial charge in [-0.05, 0) is 37.6 Å². The molecule has 2 N–H and O–H groups in total. The van der Waals surface area contributed by atoms with Crippen molar-refractivity contribution >= 4 is 11.7 Å². The molecule has 1 atom stereocenters. The largest absolute Gasteiger partial charge is 0.481 e. The lowest BCUT2D eigenvalue weighted by Gasteiger charge is -2.15. The number of carbonyl (C=O) groups is 1. The summed E-state index contributed by atoms with van der Waals surface area (Å²) >= 11 is 0. The molecule has 0 radical (unpaired) electrons. The van der Waals surface area contributed by atoms with E-state index in [0.717, 1.165) is 12.1 Å². The van der Waals surface area contributed by atoms with Crippen molar-refractivity contribution in [3.05, 3.63) is 29.8 Å². The molecule has 0 bridgehead atoms. The Bertz CT molecular complexity index is 401. The van der Waals surface area contributed by atoms with Gasteiger partial charge in [0.25, 0.3) is 0 Å². The van der Waals surface area contributed by atoms with Crippen LogP contribution in [0.1, 0.15) is 25.3 Å². The van der Waals surface area contributed by atoms with E-state index in [9.17, 15) is 18.0 Å². The molecule has 0 saturated carbocycles. The van der Waals surface area contributed by atoms with Gasteiger partial charge in [-0.2, -0.15) is 13.2 Å². The Morgan fingerprint density at radius 1 is 1.33 bits per heavy atom. The maximum Gasteiger partial charge on any atom is 0.416 e. The Morgan fingerprint density at radius 3 is 2.33 bits per heavy atom. The first-order chi connectivity index (χ1) is 8.29. The molecule has 0 amide bonds. The summed E-state index contributed by atoms with van der Waals surface area (Å²) < 4.78 is 36.9. The van der Waals surface area contributed by atoms with Gasteiger partial charge in [0.05, 0.1) is 5.56 Å². The molecule has 0 saturated heterocycles. The Kier molecular flexibility index (Phi) is 4.58. The molecule has 6 heteroatoms. The summed E-state index contributed by atoms with van der Waals surface area (Å²) in [6.45, 7) is 1.78. The summed E-state index contributed by atoms with van der Waals surface area (Å²) in [4.78, 5) is 10.4. The van der Waals surface area contributed by atoms with Crippen LogP contribution >= 0.6 is 0 Å². The number of aliphatic carboxylic acids is 1. The van der Waals surface area contributed by atoms with Gasteiger partial charge in [-0.15, -0.1) is 0 Å². The summed E-state index contributed by atoms with van der Waals surface area (Å²) in [7, 11) is 0. The molecular formula is C12H14F3NO2. The first-order valence-corrected chi connectivity index (χ1v) is 5.44. The van der Waals surface area contributed by atoms with Crippen LogP contribution in [-0.2, 0) is 11.0 Å². The molecule has 0 aliphatic rings. The molecule has 3 nitrogen and oxygen atoms in total. The molecule has 0 aromatic heterocycles. The highest BCUT2D eigenvalue weighted by Gasteiger charge is 2.29. The standard InChI is InChI=1S/C12H14F3NO2/c1-8(2-7-11(17)18)16-10-5-3-9(4-6-10)12(13,14)15/h3-6,8,16H,2,7H2,1H3,(H,17,18).